The lowest BCUT2D eigenvalue weighted by atomic mass is 9.68. The van der Waals surface area contributed by atoms with E-state index in [1.54, 1.807) is 0 Å². The number of hydrogen-bond acceptors (Lipinski definition) is 6. The third kappa shape index (κ3) is 7.27. The highest BCUT2D eigenvalue weighted by Crippen LogP contribution is 2.52. The van der Waals surface area contributed by atoms with Crippen LogP contribution < -0.4 is 10.2 Å². The summed E-state index contributed by atoms with van der Waals surface area (Å²) in [7, 11) is 1.51. The first kappa shape index (κ1) is 35.1. The van der Waals surface area contributed by atoms with Gasteiger partial charge in [-0.05, 0) is 73.1 Å². The number of aliphatic hydroxyl groups is 1. The number of carbonyl (C=O) groups excluding carboxylic acids is 1. The van der Waals surface area contributed by atoms with E-state index in [1.807, 2.05) is 18.7 Å². The second-order valence-corrected chi connectivity index (χ2v) is 14.5. The molecule has 1 saturated carbocycles. The number of amides is 1. The van der Waals surface area contributed by atoms with Crippen molar-refractivity contribution in [2.45, 2.75) is 101 Å². The van der Waals surface area contributed by atoms with E-state index in [-0.39, 0.29) is 54.1 Å². The highest BCUT2D eigenvalue weighted by atomic mass is 19.4. The van der Waals surface area contributed by atoms with E-state index in [0.29, 0.717) is 72.8 Å². The molecule has 3 aromatic rings. The normalized spacial score (nSPS) is 22.0. The Bertz CT molecular complexity index is 1660. The smallest absolute Gasteiger partial charge is 0.388 e. The van der Waals surface area contributed by atoms with Gasteiger partial charge in [0, 0.05) is 68.1 Å². The first-order valence-corrected chi connectivity index (χ1v) is 16.8. The number of aliphatic hydroxyl groups excluding tert-OH is 1. The summed E-state index contributed by atoms with van der Waals surface area (Å²) in [4.78, 5) is 27.7. The predicted octanol–water partition coefficient (Wildman–Crippen LogP) is 7.99. The summed E-state index contributed by atoms with van der Waals surface area (Å²) >= 11 is 0. The molecule has 7 nitrogen and oxygen atoms in total. The van der Waals surface area contributed by atoms with Crippen LogP contribution in [-0.4, -0.2) is 52.0 Å². The molecule has 0 radical (unpaired) electrons. The molecular weight excluding hydrogens is 648 g/mol. The first-order valence-electron chi connectivity index (χ1n) is 16.8. The Morgan fingerprint density at radius 3 is 2.16 bits per heavy atom. The fraction of sp³-hybridized carbons (Fsp3) is 0.556. The number of rotatable bonds is 6. The SMILES string of the molecule is CNC(=O)c1cnc(N2CCC(c3nc4c(c(C5CCC(F)(F)CC5)c3C(F)c3ccc(C(F)(F)F)cc3)[C@@H](O)CC(C)(C)C4)CC2)nc1. The molecule has 13 heteroatoms. The Labute approximate surface area is 281 Å². The van der Waals surface area contributed by atoms with Gasteiger partial charge in [-0.25, -0.2) is 23.1 Å². The van der Waals surface area contributed by atoms with E-state index < -0.39 is 35.9 Å². The van der Waals surface area contributed by atoms with Gasteiger partial charge in [0.15, 0.2) is 6.17 Å². The average Bonchev–Trinajstić information content (AvgIpc) is 3.06. The second kappa shape index (κ2) is 13.2. The number of alkyl halides is 6. The van der Waals surface area contributed by atoms with Gasteiger partial charge in [-0.15, -0.1) is 0 Å². The van der Waals surface area contributed by atoms with E-state index in [4.69, 9.17) is 4.98 Å². The number of aromatic nitrogens is 3. The van der Waals surface area contributed by atoms with Gasteiger partial charge < -0.3 is 15.3 Å². The summed E-state index contributed by atoms with van der Waals surface area (Å²) in [5.74, 6) is -3.45. The van der Waals surface area contributed by atoms with E-state index >= 15 is 4.39 Å². The third-order valence-electron chi connectivity index (χ3n) is 10.3. The number of fused-ring (bicyclic) bond motifs is 1. The van der Waals surface area contributed by atoms with Crippen LogP contribution in [0.4, 0.5) is 32.3 Å². The topological polar surface area (TPSA) is 91.2 Å². The molecule has 1 unspecified atom stereocenters. The number of piperidine rings is 1. The van der Waals surface area contributed by atoms with Gasteiger partial charge in [0.1, 0.15) is 0 Å². The quantitative estimate of drug-likeness (QED) is 0.255. The van der Waals surface area contributed by atoms with E-state index in [2.05, 4.69) is 15.3 Å². The summed E-state index contributed by atoms with van der Waals surface area (Å²) in [5, 5.41) is 14.1. The fourth-order valence-corrected chi connectivity index (χ4v) is 7.81. The number of hydrogen-bond donors (Lipinski definition) is 2. The molecular formula is C36H41F6N5O2. The molecule has 1 aromatic carbocycles. The number of anilines is 1. The predicted molar refractivity (Wildman–Crippen MR) is 171 cm³/mol. The zero-order chi connectivity index (χ0) is 35.3. The van der Waals surface area contributed by atoms with Crippen LogP contribution in [0.1, 0.15) is 132 Å². The van der Waals surface area contributed by atoms with E-state index in [9.17, 15) is 31.9 Å². The van der Waals surface area contributed by atoms with Gasteiger partial charge in [0.05, 0.1) is 22.9 Å². The highest BCUT2D eigenvalue weighted by Gasteiger charge is 2.44. The molecule has 3 aliphatic rings. The monoisotopic (exact) mass is 689 g/mol. The maximum absolute atomic E-state index is 17.2. The van der Waals surface area contributed by atoms with Crippen molar-refractivity contribution in [2.24, 2.45) is 5.41 Å². The summed E-state index contributed by atoms with van der Waals surface area (Å²) < 4.78 is 86.3. The zero-order valence-electron chi connectivity index (χ0n) is 27.8. The minimum atomic E-state index is -4.60. The van der Waals surface area contributed by atoms with Crippen molar-refractivity contribution < 1.29 is 36.2 Å². The Balaban J connectivity index is 1.43. The van der Waals surface area contributed by atoms with Gasteiger partial charge in [0.25, 0.3) is 5.91 Å². The van der Waals surface area contributed by atoms with Crippen molar-refractivity contribution in [3.8, 4) is 0 Å². The largest absolute Gasteiger partial charge is 0.416 e. The lowest BCUT2D eigenvalue weighted by molar-refractivity contribution is -0.137. The fourth-order valence-electron chi connectivity index (χ4n) is 7.81. The van der Waals surface area contributed by atoms with Gasteiger partial charge in [-0.2, -0.15) is 13.2 Å². The molecule has 0 bridgehead atoms. The van der Waals surface area contributed by atoms with Crippen molar-refractivity contribution in [3.63, 3.8) is 0 Å². The number of benzene rings is 1. The average molecular weight is 690 g/mol. The third-order valence-corrected chi connectivity index (χ3v) is 10.3. The molecule has 1 aliphatic heterocycles. The standard InChI is InChI=1S/C36H41F6N5O2/c1-34(2)16-25-28(26(48)17-34)27(20-8-12-35(38,39)13-9-20)29(30(37)21-4-6-24(7-5-21)36(40,41)42)31(46-25)22-10-14-47(15-11-22)33-44-18-23(19-45-33)32(49)43-3/h4-7,18-20,22,26,30,48H,8-17H2,1-3H3,(H,43,49)/t26-,30?/m0/s1. The van der Waals surface area contributed by atoms with Crippen LogP contribution in [0.3, 0.4) is 0 Å². The summed E-state index contributed by atoms with van der Waals surface area (Å²) in [6.45, 7) is 5.00. The second-order valence-electron chi connectivity index (χ2n) is 14.5. The first-order chi connectivity index (χ1) is 23.1. The lowest BCUT2D eigenvalue weighted by Crippen LogP contribution is -2.36. The molecule has 1 amide bonds. The number of nitrogens with zero attached hydrogens (tertiary/aromatic N) is 4. The van der Waals surface area contributed by atoms with Crippen molar-refractivity contribution in [3.05, 3.63) is 81.4 Å². The minimum absolute atomic E-state index is 0.00561. The van der Waals surface area contributed by atoms with Crippen LogP contribution in [0.5, 0.6) is 0 Å². The summed E-state index contributed by atoms with van der Waals surface area (Å²) in [6.07, 6.45) is -3.24. The lowest BCUT2D eigenvalue weighted by Gasteiger charge is -2.41. The van der Waals surface area contributed by atoms with Crippen molar-refractivity contribution >= 4 is 11.9 Å². The number of pyridine rings is 1. The molecule has 2 N–H and O–H groups in total. The van der Waals surface area contributed by atoms with Crippen LogP contribution in [0.15, 0.2) is 36.7 Å². The van der Waals surface area contributed by atoms with Gasteiger partial charge >= 0.3 is 6.18 Å². The van der Waals surface area contributed by atoms with Crippen LogP contribution >= 0.6 is 0 Å². The molecule has 2 aliphatic carbocycles. The molecule has 6 rings (SSSR count). The number of nitrogens with one attached hydrogen (secondary N) is 1. The summed E-state index contributed by atoms with van der Waals surface area (Å²) in [6, 6.07) is 3.94. The molecule has 0 spiro atoms. The number of halogens is 6. The Morgan fingerprint density at radius 1 is 0.980 bits per heavy atom. The Hall–Kier alpha value is -3.74. The van der Waals surface area contributed by atoms with E-state index in [0.717, 1.165) is 24.3 Å². The molecule has 2 fully saturated rings. The molecule has 49 heavy (non-hydrogen) atoms. The molecule has 2 aromatic heterocycles. The van der Waals surface area contributed by atoms with Crippen LogP contribution in [0.2, 0.25) is 0 Å². The van der Waals surface area contributed by atoms with Crippen LogP contribution in [-0.2, 0) is 12.6 Å². The van der Waals surface area contributed by atoms with Gasteiger partial charge in [-0.3, -0.25) is 9.78 Å². The Morgan fingerprint density at radius 2 is 1.59 bits per heavy atom. The minimum Gasteiger partial charge on any atom is -0.388 e. The maximum atomic E-state index is 17.2. The molecule has 2 atom stereocenters. The summed E-state index contributed by atoms with van der Waals surface area (Å²) in [5.41, 5.74) is 1.38. The molecule has 264 valence electrons. The van der Waals surface area contributed by atoms with Crippen LogP contribution in [0.25, 0.3) is 0 Å². The Kier molecular flexibility index (Phi) is 9.44. The van der Waals surface area contributed by atoms with E-state index in [1.165, 1.54) is 19.4 Å². The van der Waals surface area contributed by atoms with Crippen molar-refractivity contribution in [2.75, 3.05) is 25.0 Å². The molecule has 1 saturated heterocycles. The van der Waals surface area contributed by atoms with Gasteiger partial charge in [-0.1, -0.05) is 26.0 Å². The van der Waals surface area contributed by atoms with Crippen molar-refractivity contribution in [1.29, 1.82) is 0 Å². The van der Waals surface area contributed by atoms with Crippen LogP contribution in [0, 0.1) is 5.41 Å². The number of carbonyl (C=O) groups is 1. The molecule has 3 heterocycles. The zero-order valence-corrected chi connectivity index (χ0v) is 27.8. The van der Waals surface area contributed by atoms with Gasteiger partial charge in [0.2, 0.25) is 11.9 Å². The van der Waals surface area contributed by atoms with Crippen molar-refractivity contribution in [1.82, 2.24) is 20.3 Å². The highest BCUT2D eigenvalue weighted by molar-refractivity contribution is 5.93. The maximum Gasteiger partial charge on any atom is 0.416 e.